The van der Waals surface area contributed by atoms with Crippen LogP contribution < -0.4 is 0 Å². The van der Waals surface area contributed by atoms with E-state index in [0.717, 1.165) is 22.6 Å². The Labute approximate surface area is 146 Å². The number of nitrogens with zero attached hydrogens (tertiary/aromatic N) is 2. The first-order chi connectivity index (χ1) is 11.2. The SMILES string of the molecule is CC.CC.Fc1ccc(-c2nc3ccc(Cl)cn3c2CCl)cc1. The molecule has 3 rings (SSSR count). The van der Waals surface area contributed by atoms with Crippen molar-refractivity contribution in [3.63, 3.8) is 0 Å². The van der Waals surface area contributed by atoms with Gasteiger partial charge in [-0.3, -0.25) is 0 Å². The molecule has 0 aliphatic rings. The fourth-order valence-electron chi connectivity index (χ4n) is 2.03. The first-order valence-electron chi connectivity index (χ1n) is 7.67. The van der Waals surface area contributed by atoms with Crippen LogP contribution in [-0.4, -0.2) is 9.38 Å². The van der Waals surface area contributed by atoms with Crippen LogP contribution in [0.4, 0.5) is 4.39 Å². The van der Waals surface area contributed by atoms with Gasteiger partial charge in [0, 0.05) is 11.8 Å². The maximum absolute atomic E-state index is 13.0. The second-order valence-electron chi connectivity index (χ2n) is 4.12. The number of fused-ring (bicyclic) bond motifs is 1. The van der Waals surface area contributed by atoms with Crippen LogP contribution in [0.1, 0.15) is 33.4 Å². The summed E-state index contributed by atoms with van der Waals surface area (Å²) in [7, 11) is 0. The van der Waals surface area contributed by atoms with E-state index in [-0.39, 0.29) is 5.82 Å². The minimum absolute atomic E-state index is 0.275. The largest absolute Gasteiger partial charge is 0.301 e. The standard InChI is InChI=1S/C14H9Cl2FN2.2C2H6/c15-7-12-14(9-1-4-11(17)5-2-9)18-13-6-3-10(16)8-19(12)13;2*1-2/h1-6,8H,7H2;2*1-2H3. The van der Waals surface area contributed by atoms with Crippen LogP contribution in [0.5, 0.6) is 0 Å². The molecule has 5 heteroatoms. The van der Waals surface area contributed by atoms with E-state index in [9.17, 15) is 4.39 Å². The van der Waals surface area contributed by atoms with Crippen LogP contribution in [0, 0.1) is 5.82 Å². The number of halogens is 3. The summed E-state index contributed by atoms with van der Waals surface area (Å²) >= 11 is 12.0. The van der Waals surface area contributed by atoms with Gasteiger partial charge in [-0.1, -0.05) is 39.3 Å². The number of benzene rings is 1. The van der Waals surface area contributed by atoms with Crippen LogP contribution in [0.3, 0.4) is 0 Å². The molecule has 0 aliphatic carbocycles. The molecule has 0 aliphatic heterocycles. The molecule has 0 unspecified atom stereocenters. The monoisotopic (exact) mass is 354 g/mol. The average Bonchev–Trinajstić information content (AvgIpc) is 2.96. The van der Waals surface area contributed by atoms with Gasteiger partial charge in [-0.2, -0.15) is 0 Å². The summed E-state index contributed by atoms with van der Waals surface area (Å²) in [5.74, 6) is 0.0248. The molecule has 124 valence electrons. The van der Waals surface area contributed by atoms with E-state index in [4.69, 9.17) is 23.2 Å². The number of pyridine rings is 1. The highest BCUT2D eigenvalue weighted by Gasteiger charge is 2.13. The third-order valence-corrected chi connectivity index (χ3v) is 3.40. The number of alkyl halides is 1. The molecule has 0 N–H and O–H groups in total. The first kappa shape index (κ1) is 19.5. The Morgan fingerprint density at radius 1 is 1.00 bits per heavy atom. The van der Waals surface area contributed by atoms with Crippen molar-refractivity contribution in [2.24, 2.45) is 0 Å². The first-order valence-corrected chi connectivity index (χ1v) is 8.58. The second kappa shape index (κ2) is 9.53. The summed E-state index contributed by atoms with van der Waals surface area (Å²) in [4.78, 5) is 4.52. The Hall–Kier alpha value is -1.58. The van der Waals surface area contributed by atoms with E-state index in [0.29, 0.717) is 10.9 Å². The van der Waals surface area contributed by atoms with Gasteiger partial charge < -0.3 is 4.40 Å². The lowest BCUT2D eigenvalue weighted by Crippen LogP contribution is -1.91. The highest BCUT2D eigenvalue weighted by molar-refractivity contribution is 6.30. The lowest BCUT2D eigenvalue weighted by atomic mass is 10.1. The highest BCUT2D eigenvalue weighted by atomic mass is 35.5. The highest BCUT2D eigenvalue weighted by Crippen LogP contribution is 2.27. The smallest absolute Gasteiger partial charge is 0.137 e. The predicted molar refractivity (Wildman–Crippen MR) is 97.8 cm³/mol. The molecule has 2 aromatic heterocycles. The van der Waals surface area contributed by atoms with E-state index in [1.165, 1.54) is 12.1 Å². The summed E-state index contributed by atoms with van der Waals surface area (Å²) in [6.07, 6.45) is 1.77. The van der Waals surface area contributed by atoms with E-state index < -0.39 is 0 Å². The quantitative estimate of drug-likeness (QED) is 0.474. The van der Waals surface area contributed by atoms with Gasteiger partial charge in [0.25, 0.3) is 0 Å². The molecule has 0 amide bonds. The van der Waals surface area contributed by atoms with Crippen molar-refractivity contribution >= 4 is 28.8 Å². The second-order valence-corrected chi connectivity index (χ2v) is 4.83. The fraction of sp³-hybridized carbons (Fsp3) is 0.278. The topological polar surface area (TPSA) is 17.3 Å². The Kier molecular flexibility index (Phi) is 8.07. The van der Waals surface area contributed by atoms with Crippen LogP contribution in [-0.2, 0) is 5.88 Å². The van der Waals surface area contributed by atoms with Gasteiger partial charge >= 0.3 is 0 Å². The molecule has 0 atom stereocenters. The zero-order chi connectivity index (χ0) is 17.4. The number of aromatic nitrogens is 2. The van der Waals surface area contributed by atoms with E-state index in [1.807, 2.05) is 38.2 Å². The summed E-state index contributed by atoms with van der Waals surface area (Å²) in [5.41, 5.74) is 3.18. The maximum Gasteiger partial charge on any atom is 0.137 e. The van der Waals surface area contributed by atoms with Crippen LogP contribution in [0.25, 0.3) is 16.9 Å². The van der Waals surface area contributed by atoms with Gasteiger partial charge in [0.05, 0.1) is 22.3 Å². The van der Waals surface area contributed by atoms with Gasteiger partial charge in [0.15, 0.2) is 0 Å². The number of imidazole rings is 1. The molecule has 0 radical (unpaired) electrons. The molecule has 1 aromatic carbocycles. The minimum atomic E-state index is -0.275. The van der Waals surface area contributed by atoms with Gasteiger partial charge in [-0.25, -0.2) is 9.37 Å². The van der Waals surface area contributed by atoms with Crippen LogP contribution in [0.2, 0.25) is 5.02 Å². The van der Waals surface area contributed by atoms with E-state index in [1.54, 1.807) is 24.4 Å². The minimum Gasteiger partial charge on any atom is -0.301 e. The van der Waals surface area contributed by atoms with Gasteiger partial charge in [0.2, 0.25) is 0 Å². The Morgan fingerprint density at radius 2 is 1.61 bits per heavy atom. The van der Waals surface area contributed by atoms with Crippen molar-refractivity contribution < 1.29 is 4.39 Å². The van der Waals surface area contributed by atoms with Gasteiger partial charge in [-0.15, -0.1) is 11.6 Å². The molecule has 0 bridgehead atoms. The van der Waals surface area contributed by atoms with Crippen molar-refractivity contribution in [3.8, 4) is 11.3 Å². The zero-order valence-electron chi connectivity index (χ0n) is 13.8. The number of hydrogen-bond acceptors (Lipinski definition) is 1. The van der Waals surface area contributed by atoms with Crippen LogP contribution in [0.15, 0.2) is 42.6 Å². The zero-order valence-corrected chi connectivity index (χ0v) is 15.3. The summed E-state index contributed by atoms with van der Waals surface area (Å²) in [5, 5.41) is 0.613. The molecule has 2 heterocycles. The molecule has 3 aromatic rings. The molecule has 2 nitrogen and oxygen atoms in total. The molecule has 0 spiro atoms. The van der Waals surface area contributed by atoms with E-state index >= 15 is 0 Å². The lowest BCUT2D eigenvalue weighted by Gasteiger charge is -2.01. The van der Waals surface area contributed by atoms with Crippen LogP contribution >= 0.6 is 23.2 Å². The molecule has 0 saturated carbocycles. The fourth-order valence-corrected chi connectivity index (χ4v) is 2.45. The molecular formula is C18H21Cl2FN2. The van der Waals surface area contributed by atoms with Gasteiger partial charge in [0.1, 0.15) is 11.5 Å². The molecule has 23 heavy (non-hydrogen) atoms. The Morgan fingerprint density at radius 3 is 2.17 bits per heavy atom. The van der Waals surface area contributed by atoms with Crippen molar-refractivity contribution in [3.05, 3.63) is 59.1 Å². The summed E-state index contributed by atoms with van der Waals surface area (Å²) in [6.45, 7) is 8.00. The van der Waals surface area contributed by atoms with Crippen molar-refractivity contribution in [2.45, 2.75) is 33.6 Å². The third kappa shape index (κ3) is 4.46. The molecule has 0 fully saturated rings. The Bertz CT molecular complexity index is 737. The van der Waals surface area contributed by atoms with E-state index in [2.05, 4.69) is 4.98 Å². The number of hydrogen-bond donors (Lipinski definition) is 0. The molecular weight excluding hydrogens is 334 g/mol. The average molecular weight is 355 g/mol. The van der Waals surface area contributed by atoms with Crippen molar-refractivity contribution in [2.75, 3.05) is 0 Å². The predicted octanol–water partition coefficient (Wildman–Crippen LogP) is 6.59. The normalized spacial score (nSPS) is 9.70. The van der Waals surface area contributed by atoms with Gasteiger partial charge in [-0.05, 0) is 36.4 Å². The number of rotatable bonds is 2. The summed E-state index contributed by atoms with van der Waals surface area (Å²) < 4.78 is 14.8. The third-order valence-electron chi connectivity index (χ3n) is 2.93. The summed E-state index contributed by atoms with van der Waals surface area (Å²) in [6, 6.07) is 9.79. The van der Waals surface area contributed by atoms with Crippen molar-refractivity contribution in [1.29, 1.82) is 0 Å². The maximum atomic E-state index is 13.0. The van der Waals surface area contributed by atoms with Crippen molar-refractivity contribution in [1.82, 2.24) is 9.38 Å². The Balaban J connectivity index is 0.000000615. The molecule has 0 saturated heterocycles. The lowest BCUT2D eigenvalue weighted by molar-refractivity contribution is 0.628.